The number of benzene rings is 1. The van der Waals surface area contributed by atoms with Gasteiger partial charge in [0.15, 0.2) is 5.69 Å². The standard InChI is InChI=1S/C16H17FN4O2/c1-2-13-15(22)18-8-10-20(13)16(23)12-7-9-21(19-12)14-6-4-3-5-11(14)17/h3-7,9,13H,2,8,10H2,1H3,(H,18,22). The van der Waals surface area contributed by atoms with Gasteiger partial charge in [-0.15, -0.1) is 0 Å². The molecule has 0 spiro atoms. The normalized spacial score (nSPS) is 17.9. The van der Waals surface area contributed by atoms with E-state index in [9.17, 15) is 14.0 Å². The second kappa shape index (κ2) is 6.20. The Kier molecular flexibility index (Phi) is 4.10. The lowest BCUT2D eigenvalue weighted by atomic mass is 10.1. The third kappa shape index (κ3) is 2.81. The molecule has 2 aromatic rings. The van der Waals surface area contributed by atoms with Crippen LogP contribution in [0, 0.1) is 5.82 Å². The van der Waals surface area contributed by atoms with Crippen molar-refractivity contribution in [2.75, 3.05) is 13.1 Å². The highest BCUT2D eigenvalue weighted by Gasteiger charge is 2.33. The van der Waals surface area contributed by atoms with Crippen LogP contribution in [0.3, 0.4) is 0 Å². The largest absolute Gasteiger partial charge is 0.353 e. The van der Waals surface area contributed by atoms with Gasteiger partial charge in [0.1, 0.15) is 17.5 Å². The topological polar surface area (TPSA) is 67.2 Å². The Hall–Kier alpha value is -2.70. The van der Waals surface area contributed by atoms with Crippen LogP contribution < -0.4 is 5.32 Å². The molecular formula is C16H17FN4O2. The van der Waals surface area contributed by atoms with E-state index in [0.717, 1.165) is 0 Å². The molecule has 1 aromatic carbocycles. The quantitative estimate of drug-likeness (QED) is 0.930. The molecule has 0 bridgehead atoms. The highest BCUT2D eigenvalue weighted by Crippen LogP contribution is 2.15. The summed E-state index contributed by atoms with van der Waals surface area (Å²) in [7, 11) is 0. The van der Waals surface area contributed by atoms with Crippen LogP contribution in [-0.4, -0.2) is 45.6 Å². The summed E-state index contributed by atoms with van der Waals surface area (Å²) in [6.07, 6.45) is 2.07. The fourth-order valence-corrected chi connectivity index (χ4v) is 2.72. The number of nitrogens with one attached hydrogen (secondary N) is 1. The SMILES string of the molecule is CCC1C(=O)NCCN1C(=O)c1ccn(-c2ccccc2F)n1. The fourth-order valence-electron chi connectivity index (χ4n) is 2.72. The summed E-state index contributed by atoms with van der Waals surface area (Å²) in [5, 5.41) is 6.91. The van der Waals surface area contributed by atoms with Crippen LogP contribution >= 0.6 is 0 Å². The Balaban J connectivity index is 1.86. The molecule has 1 aliphatic rings. The summed E-state index contributed by atoms with van der Waals surface area (Å²) in [4.78, 5) is 26.0. The van der Waals surface area contributed by atoms with Gasteiger partial charge < -0.3 is 10.2 Å². The Bertz CT molecular complexity index is 743. The smallest absolute Gasteiger partial charge is 0.275 e. The monoisotopic (exact) mass is 316 g/mol. The van der Waals surface area contributed by atoms with Crippen molar-refractivity contribution in [3.63, 3.8) is 0 Å². The number of para-hydroxylation sites is 1. The average molecular weight is 316 g/mol. The predicted molar refractivity (Wildman–Crippen MR) is 81.6 cm³/mol. The molecular weight excluding hydrogens is 299 g/mol. The Labute approximate surface area is 132 Å². The van der Waals surface area contributed by atoms with Gasteiger partial charge in [-0.25, -0.2) is 9.07 Å². The summed E-state index contributed by atoms with van der Waals surface area (Å²) < 4.78 is 15.1. The van der Waals surface area contributed by atoms with E-state index in [4.69, 9.17) is 0 Å². The maximum atomic E-state index is 13.8. The minimum absolute atomic E-state index is 0.152. The van der Waals surface area contributed by atoms with E-state index < -0.39 is 11.9 Å². The third-order valence-corrected chi connectivity index (χ3v) is 3.89. The summed E-state index contributed by atoms with van der Waals surface area (Å²) in [6.45, 7) is 2.72. The van der Waals surface area contributed by atoms with Gasteiger partial charge in [0.2, 0.25) is 5.91 Å². The maximum absolute atomic E-state index is 13.8. The minimum atomic E-state index is -0.491. The Morgan fingerprint density at radius 1 is 1.39 bits per heavy atom. The molecule has 0 saturated carbocycles. The van der Waals surface area contributed by atoms with Crippen molar-refractivity contribution >= 4 is 11.8 Å². The lowest BCUT2D eigenvalue weighted by Gasteiger charge is -2.33. The fraction of sp³-hybridized carbons (Fsp3) is 0.312. The van der Waals surface area contributed by atoms with E-state index in [1.54, 1.807) is 18.2 Å². The van der Waals surface area contributed by atoms with Crippen LogP contribution in [0.2, 0.25) is 0 Å². The number of rotatable bonds is 3. The van der Waals surface area contributed by atoms with Crippen LogP contribution in [0.1, 0.15) is 23.8 Å². The molecule has 1 atom stereocenters. The Morgan fingerprint density at radius 3 is 2.91 bits per heavy atom. The molecule has 6 nitrogen and oxygen atoms in total. The van der Waals surface area contributed by atoms with Crippen molar-refractivity contribution in [3.05, 3.63) is 48.0 Å². The van der Waals surface area contributed by atoms with Crippen molar-refractivity contribution < 1.29 is 14.0 Å². The first-order chi connectivity index (χ1) is 11.1. The van der Waals surface area contributed by atoms with E-state index in [-0.39, 0.29) is 23.2 Å². The zero-order valence-electron chi connectivity index (χ0n) is 12.7. The summed E-state index contributed by atoms with van der Waals surface area (Å²) in [5.41, 5.74) is 0.469. The number of hydrogen-bond donors (Lipinski definition) is 1. The van der Waals surface area contributed by atoms with Crippen LogP contribution in [-0.2, 0) is 4.79 Å². The number of amides is 2. The second-order valence-electron chi connectivity index (χ2n) is 5.31. The summed E-state index contributed by atoms with van der Waals surface area (Å²) in [6, 6.07) is 7.25. The van der Waals surface area contributed by atoms with Gasteiger partial charge >= 0.3 is 0 Å². The molecule has 7 heteroatoms. The summed E-state index contributed by atoms with van der Waals surface area (Å²) >= 11 is 0. The molecule has 3 rings (SSSR count). The van der Waals surface area contributed by atoms with Crippen molar-refractivity contribution in [1.29, 1.82) is 0 Å². The molecule has 1 aliphatic heterocycles. The summed E-state index contributed by atoms with van der Waals surface area (Å²) in [5.74, 6) is -0.888. The van der Waals surface area contributed by atoms with Crippen molar-refractivity contribution in [2.45, 2.75) is 19.4 Å². The third-order valence-electron chi connectivity index (χ3n) is 3.89. The first-order valence-electron chi connectivity index (χ1n) is 7.51. The molecule has 1 N–H and O–H groups in total. The van der Waals surface area contributed by atoms with Gasteiger partial charge in [-0.3, -0.25) is 9.59 Å². The predicted octanol–water partition coefficient (Wildman–Crippen LogP) is 1.36. The lowest BCUT2D eigenvalue weighted by molar-refractivity contribution is -0.127. The zero-order valence-corrected chi connectivity index (χ0v) is 12.7. The van der Waals surface area contributed by atoms with Gasteiger partial charge in [0, 0.05) is 19.3 Å². The molecule has 1 saturated heterocycles. The van der Waals surface area contributed by atoms with Gasteiger partial charge in [0.25, 0.3) is 5.91 Å². The molecule has 0 aliphatic carbocycles. The average Bonchev–Trinajstić information content (AvgIpc) is 3.04. The first kappa shape index (κ1) is 15.2. The minimum Gasteiger partial charge on any atom is -0.353 e. The highest BCUT2D eigenvalue weighted by atomic mass is 19.1. The van der Waals surface area contributed by atoms with Gasteiger partial charge in [-0.2, -0.15) is 5.10 Å². The number of hydrogen-bond acceptors (Lipinski definition) is 3. The van der Waals surface area contributed by atoms with E-state index in [1.807, 2.05) is 6.92 Å². The van der Waals surface area contributed by atoms with Crippen molar-refractivity contribution in [1.82, 2.24) is 20.0 Å². The molecule has 23 heavy (non-hydrogen) atoms. The Morgan fingerprint density at radius 2 is 2.17 bits per heavy atom. The maximum Gasteiger partial charge on any atom is 0.275 e. The van der Waals surface area contributed by atoms with E-state index in [1.165, 1.54) is 27.9 Å². The van der Waals surface area contributed by atoms with Gasteiger partial charge in [0.05, 0.1) is 0 Å². The molecule has 2 heterocycles. The number of piperazine rings is 1. The number of carbonyl (C=O) groups excluding carboxylic acids is 2. The first-order valence-corrected chi connectivity index (χ1v) is 7.51. The number of carbonyl (C=O) groups is 2. The molecule has 1 unspecified atom stereocenters. The molecule has 0 radical (unpaired) electrons. The number of halogens is 1. The van der Waals surface area contributed by atoms with E-state index >= 15 is 0 Å². The van der Waals surface area contributed by atoms with Crippen molar-refractivity contribution in [3.8, 4) is 5.69 Å². The van der Waals surface area contributed by atoms with E-state index in [0.29, 0.717) is 19.5 Å². The van der Waals surface area contributed by atoms with Crippen LogP contribution in [0.4, 0.5) is 4.39 Å². The van der Waals surface area contributed by atoms with Crippen molar-refractivity contribution in [2.24, 2.45) is 0 Å². The molecule has 2 amide bonds. The van der Waals surface area contributed by atoms with Crippen LogP contribution in [0.25, 0.3) is 5.69 Å². The molecule has 1 fully saturated rings. The zero-order chi connectivity index (χ0) is 16.4. The number of nitrogens with zero attached hydrogens (tertiary/aromatic N) is 3. The van der Waals surface area contributed by atoms with Crippen LogP contribution in [0.15, 0.2) is 36.5 Å². The van der Waals surface area contributed by atoms with Crippen LogP contribution in [0.5, 0.6) is 0 Å². The second-order valence-corrected chi connectivity index (χ2v) is 5.31. The van der Waals surface area contributed by atoms with E-state index in [2.05, 4.69) is 10.4 Å². The molecule has 1 aromatic heterocycles. The molecule has 120 valence electrons. The lowest BCUT2D eigenvalue weighted by Crippen LogP contribution is -2.57. The van der Waals surface area contributed by atoms with Gasteiger partial charge in [-0.1, -0.05) is 19.1 Å². The number of aromatic nitrogens is 2. The van der Waals surface area contributed by atoms with Gasteiger partial charge in [-0.05, 0) is 24.6 Å². The highest BCUT2D eigenvalue weighted by molar-refractivity contribution is 5.96.